The number of hydrogen-bond donors (Lipinski definition) is 0. The monoisotopic (exact) mass is 551 g/mol. The molecule has 0 radical (unpaired) electrons. The lowest BCUT2D eigenvalue weighted by Gasteiger charge is -2.13. The van der Waals surface area contributed by atoms with Gasteiger partial charge in [0.2, 0.25) is 0 Å². The maximum Gasteiger partial charge on any atom is 0.796 e. The highest BCUT2D eigenvalue weighted by molar-refractivity contribution is 6.36. The van der Waals surface area contributed by atoms with Gasteiger partial charge in [0.05, 0.1) is 28.1 Å². The van der Waals surface area contributed by atoms with Crippen molar-refractivity contribution in [1.82, 2.24) is 0 Å². The van der Waals surface area contributed by atoms with Crippen molar-refractivity contribution < 1.29 is 52.8 Å². The first-order chi connectivity index (χ1) is 17.5. The van der Waals surface area contributed by atoms with E-state index >= 15 is 0 Å². The minimum absolute atomic E-state index is 0.0832. The molecule has 0 saturated heterocycles. The highest BCUT2D eigenvalue weighted by atomic mass is 19.4. The van der Waals surface area contributed by atoms with E-state index in [4.69, 9.17) is 0 Å². The number of alkyl halides is 9. The third-order valence-electron chi connectivity index (χ3n) is 4.93. The zero-order valence-corrected chi connectivity index (χ0v) is 18.6. The molecule has 0 aromatic heterocycles. The minimum Gasteiger partial charge on any atom is -0.505 e. The summed E-state index contributed by atoms with van der Waals surface area (Å²) in [6.07, 6.45) is -13.3. The van der Waals surface area contributed by atoms with Gasteiger partial charge in [-0.05, 0) is 48.5 Å². The molecule has 2 nitrogen and oxygen atoms in total. The maximum absolute atomic E-state index is 13.1. The zero-order valence-electron chi connectivity index (χ0n) is 18.6. The second-order valence-corrected chi connectivity index (χ2v) is 7.58. The molecule has 3 aromatic carbocycles. The summed E-state index contributed by atoms with van der Waals surface area (Å²) in [6, 6.07) is 9.31. The van der Waals surface area contributed by atoms with Crippen LogP contribution < -0.4 is 0 Å². The van der Waals surface area contributed by atoms with Gasteiger partial charge in [-0.2, -0.15) is 39.5 Å². The van der Waals surface area contributed by atoms with E-state index in [-0.39, 0.29) is 22.5 Å². The Bertz CT molecular complexity index is 1290. The molecule has 200 valence electrons. The SMILES string of the molecule is FB(F)O/C(=C\C(=Nc1ccc(C(F)(F)F)cc1)c1ccc(C(F)(F)F)cc1)c1ccc(C(F)(F)F)cc1. The highest BCUT2D eigenvalue weighted by Gasteiger charge is 2.32. The Hall–Kier alpha value is -3.84. The molecule has 38 heavy (non-hydrogen) atoms. The number of rotatable bonds is 6. The Morgan fingerprint density at radius 2 is 0.947 bits per heavy atom. The molecule has 0 bridgehead atoms. The van der Waals surface area contributed by atoms with Crippen molar-refractivity contribution in [2.75, 3.05) is 0 Å². The first-order valence-electron chi connectivity index (χ1n) is 10.3. The summed E-state index contributed by atoms with van der Waals surface area (Å²) >= 11 is 0. The van der Waals surface area contributed by atoms with Crippen LogP contribution in [-0.4, -0.2) is 13.2 Å². The average molecular weight is 551 g/mol. The molecular formula is C24H13BF11NO. The van der Waals surface area contributed by atoms with E-state index in [1.807, 2.05) is 0 Å². The third-order valence-corrected chi connectivity index (χ3v) is 4.93. The van der Waals surface area contributed by atoms with Crippen LogP contribution in [-0.2, 0) is 23.2 Å². The summed E-state index contributed by atoms with van der Waals surface area (Å²) in [6.45, 7) is 0. The van der Waals surface area contributed by atoms with Crippen LogP contribution in [0.5, 0.6) is 0 Å². The lowest BCUT2D eigenvalue weighted by Crippen LogP contribution is -2.09. The molecule has 0 aliphatic heterocycles. The number of nitrogens with zero attached hydrogens (tertiary/aromatic N) is 1. The number of benzene rings is 3. The fourth-order valence-electron chi connectivity index (χ4n) is 3.10. The van der Waals surface area contributed by atoms with Crippen molar-refractivity contribution >= 4 is 24.6 Å². The lowest BCUT2D eigenvalue weighted by molar-refractivity contribution is -0.138. The van der Waals surface area contributed by atoms with Gasteiger partial charge in [0.25, 0.3) is 0 Å². The van der Waals surface area contributed by atoms with Gasteiger partial charge < -0.3 is 4.65 Å². The fraction of sp³-hybridized carbons (Fsp3) is 0.125. The van der Waals surface area contributed by atoms with E-state index < -0.39 is 48.4 Å². The smallest absolute Gasteiger partial charge is 0.505 e. The summed E-state index contributed by atoms with van der Waals surface area (Å²) < 4.78 is 147. The van der Waals surface area contributed by atoms with Crippen LogP contribution in [0.3, 0.4) is 0 Å². The Morgan fingerprint density at radius 1 is 0.579 bits per heavy atom. The first-order valence-corrected chi connectivity index (χ1v) is 10.3. The molecule has 0 fully saturated rings. The third kappa shape index (κ3) is 7.59. The van der Waals surface area contributed by atoms with E-state index in [1.165, 1.54) is 0 Å². The van der Waals surface area contributed by atoms with Crippen LogP contribution in [0.15, 0.2) is 83.9 Å². The molecule has 0 saturated carbocycles. The topological polar surface area (TPSA) is 21.6 Å². The number of allylic oxidation sites excluding steroid dienone is 1. The van der Waals surface area contributed by atoms with Crippen LogP contribution in [0.25, 0.3) is 5.76 Å². The molecule has 0 atom stereocenters. The van der Waals surface area contributed by atoms with Crippen molar-refractivity contribution in [3.8, 4) is 0 Å². The van der Waals surface area contributed by atoms with Gasteiger partial charge in [-0.25, -0.2) is 13.6 Å². The zero-order chi connectivity index (χ0) is 28.3. The number of aliphatic imine (C=N–C) groups is 1. The van der Waals surface area contributed by atoms with Crippen LogP contribution in [0.2, 0.25) is 0 Å². The van der Waals surface area contributed by atoms with E-state index in [0.29, 0.717) is 36.4 Å². The molecule has 14 heteroatoms. The Balaban J connectivity index is 2.15. The quantitative estimate of drug-likeness (QED) is 0.130. The molecule has 0 spiro atoms. The summed E-state index contributed by atoms with van der Waals surface area (Å²) in [4.78, 5) is 4.06. The van der Waals surface area contributed by atoms with Crippen molar-refractivity contribution in [1.29, 1.82) is 0 Å². The molecular weight excluding hydrogens is 538 g/mol. The summed E-state index contributed by atoms with van der Waals surface area (Å²) in [5.74, 6) is -0.695. The minimum atomic E-state index is -4.72. The van der Waals surface area contributed by atoms with E-state index in [2.05, 4.69) is 9.65 Å². The predicted molar refractivity (Wildman–Crippen MR) is 118 cm³/mol. The molecule has 0 aliphatic carbocycles. The Kier molecular flexibility index (Phi) is 8.22. The molecule has 3 rings (SSSR count). The fourth-order valence-corrected chi connectivity index (χ4v) is 3.10. The lowest BCUT2D eigenvalue weighted by atomic mass is 10.0. The summed E-state index contributed by atoms with van der Waals surface area (Å²) in [7, 11) is -3.46. The van der Waals surface area contributed by atoms with Crippen molar-refractivity contribution in [3.63, 3.8) is 0 Å². The van der Waals surface area contributed by atoms with Gasteiger partial charge in [-0.1, -0.05) is 24.3 Å². The van der Waals surface area contributed by atoms with Crippen molar-refractivity contribution in [3.05, 3.63) is 107 Å². The largest absolute Gasteiger partial charge is 0.796 e. The molecule has 0 amide bonds. The van der Waals surface area contributed by atoms with Crippen molar-refractivity contribution in [2.45, 2.75) is 18.5 Å². The van der Waals surface area contributed by atoms with E-state index in [9.17, 15) is 48.1 Å². The molecule has 3 aromatic rings. The first kappa shape index (κ1) is 28.7. The van der Waals surface area contributed by atoms with Crippen molar-refractivity contribution in [2.24, 2.45) is 4.99 Å². The molecule has 0 N–H and O–H groups in total. The van der Waals surface area contributed by atoms with Gasteiger partial charge >= 0.3 is 26.0 Å². The maximum atomic E-state index is 13.1. The van der Waals surface area contributed by atoms with Crippen LogP contribution in [0, 0.1) is 0 Å². The van der Waals surface area contributed by atoms with Gasteiger partial charge in [0.15, 0.2) is 0 Å². The second-order valence-electron chi connectivity index (χ2n) is 7.58. The van der Waals surface area contributed by atoms with E-state index in [1.54, 1.807) is 0 Å². The van der Waals surface area contributed by atoms with Crippen LogP contribution >= 0.6 is 0 Å². The predicted octanol–water partition coefficient (Wildman–Crippen LogP) is 8.85. The van der Waals surface area contributed by atoms with E-state index in [0.717, 1.165) is 42.5 Å². The van der Waals surface area contributed by atoms with Gasteiger partial charge in [0, 0.05) is 17.2 Å². The highest BCUT2D eigenvalue weighted by Crippen LogP contribution is 2.33. The van der Waals surface area contributed by atoms with Gasteiger partial charge in [0.1, 0.15) is 5.76 Å². The summed E-state index contributed by atoms with van der Waals surface area (Å²) in [5, 5.41) is 0. The summed E-state index contributed by atoms with van der Waals surface area (Å²) in [5.41, 5.74) is -3.95. The normalized spacial score (nSPS) is 13.4. The number of hydrogen-bond acceptors (Lipinski definition) is 2. The van der Waals surface area contributed by atoms with Crippen LogP contribution in [0.1, 0.15) is 27.8 Å². The number of halogens is 11. The molecule has 0 heterocycles. The molecule has 0 aliphatic rings. The van der Waals surface area contributed by atoms with Crippen LogP contribution in [0.4, 0.5) is 53.8 Å². The average Bonchev–Trinajstić information content (AvgIpc) is 2.82. The second kappa shape index (κ2) is 10.9. The van der Waals surface area contributed by atoms with Gasteiger partial charge in [-0.15, -0.1) is 0 Å². The molecule has 0 unspecified atom stereocenters. The Morgan fingerprint density at radius 3 is 1.32 bits per heavy atom. The Labute approximate surface area is 208 Å². The standard InChI is InChI=1S/C24H13BF11NO/c26-22(27,28)16-5-1-14(2-6-16)20(37-19-11-9-18(10-12-19)24(32,33)34)13-21(38-25(35)36)15-3-7-17(8-4-15)23(29,30)31/h1-13H/b21-13-,37-20?. The van der Waals surface area contributed by atoms with Gasteiger partial charge in [-0.3, -0.25) is 0 Å².